The predicted molar refractivity (Wildman–Crippen MR) is 452 cm³/mol. The standard InChI is InChI=1S/C94H170NO8P/c1-6-8-10-12-14-16-18-20-22-24-26-28-30-32-34-36-38-40-42-44-46-47-49-50-52-54-56-58-60-62-64-66-68-70-72-74-76-78-80-82-84-86-93(96)100-90-92(91-102-104(98,99)101-89-88-95(3,4)5)103-94(97)87-85-83-81-79-77-75-73-71-69-67-65-63-61-59-57-55-53-51-48-45-43-41-39-37-35-33-31-29-27-25-23-21-19-17-15-13-11-9-7-2/h9,11,15,17,21,23-24,26-27,29,33,35,39,41,45,48,53,55,92H,6-8,10,12-14,16,18-20,22,25,28,30-32,34,36-38,40,42-44,46-47,49-52,54,56-91H2,1-5H3/b11-9-,17-15-,23-21-,26-24-,29-27-,35-33-,41-39-,48-45-,55-53-. The van der Waals surface area contributed by atoms with Crippen molar-refractivity contribution in [2.75, 3.05) is 47.5 Å². The van der Waals surface area contributed by atoms with Gasteiger partial charge in [0.2, 0.25) is 0 Å². The molecule has 604 valence electrons. The van der Waals surface area contributed by atoms with Gasteiger partial charge in [0.1, 0.15) is 19.8 Å². The summed E-state index contributed by atoms with van der Waals surface area (Å²) >= 11 is 0. The molecule has 0 rings (SSSR count). The number of phosphoric acid groups is 1. The Labute approximate surface area is 646 Å². The van der Waals surface area contributed by atoms with Crippen LogP contribution >= 0.6 is 7.82 Å². The van der Waals surface area contributed by atoms with Crippen LogP contribution in [0.3, 0.4) is 0 Å². The second kappa shape index (κ2) is 83.7. The van der Waals surface area contributed by atoms with Gasteiger partial charge in [0.05, 0.1) is 27.7 Å². The molecule has 104 heavy (non-hydrogen) atoms. The van der Waals surface area contributed by atoms with Crippen molar-refractivity contribution in [3.8, 4) is 0 Å². The summed E-state index contributed by atoms with van der Waals surface area (Å²) in [5.41, 5.74) is 0. The lowest BCUT2D eigenvalue weighted by Crippen LogP contribution is -2.37. The van der Waals surface area contributed by atoms with Gasteiger partial charge in [0.15, 0.2) is 6.10 Å². The van der Waals surface area contributed by atoms with Crippen LogP contribution in [0.25, 0.3) is 0 Å². The molecule has 0 aliphatic heterocycles. The van der Waals surface area contributed by atoms with Crippen LogP contribution in [0.5, 0.6) is 0 Å². The van der Waals surface area contributed by atoms with E-state index < -0.39 is 26.5 Å². The minimum atomic E-state index is -4.65. The van der Waals surface area contributed by atoms with Crippen LogP contribution in [0.1, 0.15) is 425 Å². The number of carbonyl (C=O) groups excluding carboxylic acids is 2. The summed E-state index contributed by atoms with van der Waals surface area (Å²) in [6, 6.07) is 0. The van der Waals surface area contributed by atoms with E-state index in [0.29, 0.717) is 17.4 Å². The van der Waals surface area contributed by atoms with Crippen molar-refractivity contribution in [1.82, 2.24) is 0 Å². The first kappa shape index (κ1) is 101. The summed E-state index contributed by atoms with van der Waals surface area (Å²) in [7, 11) is 1.18. The molecule has 0 N–H and O–H groups in total. The number of allylic oxidation sites excluding steroid dienone is 18. The number of carbonyl (C=O) groups is 2. The van der Waals surface area contributed by atoms with Gasteiger partial charge in [0, 0.05) is 12.8 Å². The molecule has 0 bridgehead atoms. The van der Waals surface area contributed by atoms with E-state index in [1.54, 1.807) is 0 Å². The third-order valence-electron chi connectivity index (χ3n) is 19.8. The van der Waals surface area contributed by atoms with Crippen LogP contribution in [-0.2, 0) is 32.7 Å². The molecule has 0 aliphatic carbocycles. The van der Waals surface area contributed by atoms with Gasteiger partial charge in [-0.1, -0.05) is 419 Å². The number of phosphoric ester groups is 1. The Morgan fingerprint density at radius 2 is 0.548 bits per heavy atom. The van der Waals surface area contributed by atoms with Crippen LogP contribution in [-0.4, -0.2) is 70.0 Å². The molecule has 2 atom stereocenters. The normalized spacial score (nSPS) is 13.5. The number of quaternary nitrogens is 1. The van der Waals surface area contributed by atoms with Crippen molar-refractivity contribution in [2.45, 2.75) is 431 Å². The number of likely N-dealkylation sites (N-methyl/N-ethyl adjacent to an activating group) is 1. The summed E-state index contributed by atoms with van der Waals surface area (Å²) in [4.78, 5) is 38.3. The Morgan fingerprint density at radius 3 is 0.827 bits per heavy atom. The fourth-order valence-corrected chi connectivity index (χ4v) is 13.8. The topological polar surface area (TPSA) is 111 Å². The van der Waals surface area contributed by atoms with Crippen LogP contribution in [0.4, 0.5) is 0 Å². The minimum absolute atomic E-state index is 0.0320. The number of nitrogens with zero attached hydrogens (tertiary/aromatic N) is 1. The Balaban J connectivity index is 3.90. The van der Waals surface area contributed by atoms with Crippen LogP contribution < -0.4 is 4.89 Å². The molecule has 9 nitrogen and oxygen atoms in total. The highest BCUT2D eigenvalue weighted by Gasteiger charge is 2.22. The van der Waals surface area contributed by atoms with Gasteiger partial charge in [-0.25, -0.2) is 0 Å². The fraction of sp³-hybridized carbons (Fsp3) is 0.787. The quantitative estimate of drug-likeness (QED) is 0.0195. The van der Waals surface area contributed by atoms with Crippen LogP contribution in [0, 0.1) is 0 Å². The first-order chi connectivity index (χ1) is 51.0. The summed E-state index contributed by atoms with van der Waals surface area (Å²) in [6.07, 6.45) is 120. The molecule has 0 amide bonds. The highest BCUT2D eigenvalue weighted by Crippen LogP contribution is 2.38. The smallest absolute Gasteiger partial charge is 0.306 e. The van der Waals surface area contributed by atoms with E-state index in [1.165, 1.54) is 302 Å². The van der Waals surface area contributed by atoms with Gasteiger partial charge in [-0.2, -0.15) is 0 Å². The van der Waals surface area contributed by atoms with E-state index in [2.05, 4.69) is 123 Å². The zero-order chi connectivity index (χ0) is 75.4. The highest BCUT2D eigenvalue weighted by atomic mass is 31.2. The molecule has 0 saturated carbocycles. The summed E-state index contributed by atoms with van der Waals surface area (Å²) < 4.78 is 34.5. The largest absolute Gasteiger partial charge is 0.756 e. The maximum absolute atomic E-state index is 12.9. The maximum Gasteiger partial charge on any atom is 0.306 e. The lowest BCUT2D eigenvalue weighted by molar-refractivity contribution is -0.870. The fourth-order valence-electron chi connectivity index (χ4n) is 13.0. The number of hydrogen-bond donors (Lipinski definition) is 0. The van der Waals surface area contributed by atoms with E-state index in [4.69, 9.17) is 18.5 Å². The Hall–Kier alpha value is -3.33. The van der Waals surface area contributed by atoms with E-state index in [-0.39, 0.29) is 32.0 Å². The molecule has 0 aliphatic rings. The molecular weight excluding hydrogens is 1300 g/mol. The third-order valence-corrected chi connectivity index (χ3v) is 20.7. The van der Waals surface area contributed by atoms with E-state index in [0.717, 1.165) is 89.9 Å². The van der Waals surface area contributed by atoms with Crippen LogP contribution in [0.15, 0.2) is 109 Å². The van der Waals surface area contributed by atoms with Gasteiger partial charge in [-0.05, 0) is 103 Å². The number of unbranched alkanes of at least 4 members (excludes halogenated alkanes) is 51. The Morgan fingerprint density at radius 1 is 0.308 bits per heavy atom. The minimum Gasteiger partial charge on any atom is -0.756 e. The first-order valence-electron chi connectivity index (χ1n) is 44.6. The third kappa shape index (κ3) is 87.6. The van der Waals surface area contributed by atoms with Crippen molar-refractivity contribution < 1.29 is 42.1 Å². The monoisotopic (exact) mass is 1470 g/mol. The lowest BCUT2D eigenvalue weighted by atomic mass is 10.0. The van der Waals surface area contributed by atoms with Crippen molar-refractivity contribution in [3.63, 3.8) is 0 Å². The molecule has 0 aromatic carbocycles. The number of esters is 2. The number of ether oxygens (including phenoxy) is 2. The van der Waals surface area contributed by atoms with Gasteiger partial charge in [-0.15, -0.1) is 0 Å². The predicted octanol–water partition coefficient (Wildman–Crippen LogP) is 29.7. The Kier molecular flexibility index (Phi) is 81.0. The van der Waals surface area contributed by atoms with Gasteiger partial charge in [-0.3, -0.25) is 14.2 Å². The zero-order valence-electron chi connectivity index (χ0n) is 69.2. The molecule has 0 radical (unpaired) electrons. The molecule has 0 fully saturated rings. The summed E-state index contributed by atoms with van der Waals surface area (Å²) in [5.74, 6) is -0.818. The highest BCUT2D eigenvalue weighted by molar-refractivity contribution is 7.45. The Bertz CT molecular complexity index is 2130. The first-order valence-corrected chi connectivity index (χ1v) is 46.1. The van der Waals surface area contributed by atoms with Crippen molar-refractivity contribution in [1.29, 1.82) is 0 Å². The molecule has 0 aromatic heterocycles. The summed E-state index contributed by atoms with van der Waals surface area (Å²) in [5, 5.41) is 0. The molecule has 0 saturated heterocycles. The molecule has 2 unspecified atom stereocenters. The lowest BCUT2D eigenvalue weighted by Gasteiger charge is -2.28. The van der Waals surface area contributed by atoms with Crippen LogP contribution in [0.2, 0.25) is 0 Å². The molecule has 0 aromatic rings. The second-order valence-electron chi connectivity index (χ2n) is 31.2. The van der Waals surface area contributed by atoms with Crippen molar-refractivity contribution in [3.05, 3.63) is 109 Å². The number of hydrogen-bond acceptors (Lipinski definition) is 8. The van der Waals surface area contributed by atoms with E-state index in [9.17, 15) is 19.0 Å². The summed E-state index contributed by atoms with van der Waals surface area (Å²) in [6.45, 7) is 4.18. The molecule has 0 spiro atoms. The van der Waals surface area contributed by atoms with Gasteiger partial charge in [0.25, 0.3) is 7.82 Å². The van der Waals surface area contributed by atoms with E-state index in [1.807, 2.05) is 21.1 Å². The van der Waals surface area contributed by atoms with Crippen molar-refractivity contribution >= 4 is 19.8 Å². The van der Waals surface area contributed by atoms with Gasteiger partial charge < -0.3 is 27.9 Å². The maximum atomic E-state index is 12.9. The van der Waals surface area contributed by atoms with E-state index >= 15 is 0 Å². The van der Waals surface area contributed by atoms with Gasteiger partial charge >= 0.3 is 11.9 Å². The van der Waals surface area contributed by atoms with Crippen molar-refractivity contribution in [2.24, 2.45) is 0 Å². The SMILES string of the molecule is CC/C=C\C/C=C\C/C=C\C/C=C\C/C=C\C/C=C\C/C=C\C/C=C\CCCCCCCCCCCCCCCCC(=O)OC(COC(=O)CCCCCCCCCCCCCCCCCCCCCCCCCCCCCCC/C=C\CCCCCCCCCC)COP(=O)([O-])OCC[N+](C)(C)C. The molecule has 10 heteroatoms. The average Bonchev–Trinajstić information content (AvgIpc) is 0.915. The number of rotatable bonds is 83. The average molecular weight is 1470 g/mol. The zero-order valence-corrected chi connectivity index (χ0v) is 70.1. The second-order valence-corrected chi connectivity index (χ2v) is 32.6. The molecular formula is C94H170NO8P. The molecule has 0 heterocycles.